The van der Waals surface area contributed by atoms with E-state index in [4.69, 9.17) is 33.2 Å². The van der Waals surface area contributed by atoms with Gasteiger partial charge in [0.15, 0.2) is 0 Å². The Morgan fingerprint density at radius 1 is 0.486 bits per heavy atom. The number of ether oxygens (including phenoxy) is 7. The van der Waals surface area contributed by atoms with Crippen molar-refractivity contribution in [1.82, 2.24) is 0 Å². The highest BCUT2D eigenvalue weighted by Gasteiger charge is 2.27. The van der Waals surface area contributed by atoms with Crippen LogP contribution in [0.2, 0.25) is 0 Å². The van der Waals surface area contributed by atoms with Crippen molar-refractivity contribution in [1.29, 1.82) is 0 Å². The van der Waals surface area contributed by atoms with E-state index in [0.29, 0.717) is 0 Å². The van der Waals surface area contributed by atoms with Crippen LogP contribution in [0.15, 0.2) is 12.7 Å². The molecule has 0 radical (unpaired) electrons. The maximum Gasteiger partial charge on any atom is 0.0630 e. The molecule has 0 aromatic carbocycles. The zero-order valence-electron chi connectivity index (χ0n) is 24.0. The first-order chi connectivity index (χ1) is 16.9. The molecule has 0 N–H and O–H groups in total. The normalized spacial score (nSPS) is 17.9. The Morgan fingerprint density at radius 3 is 1.09 bits per heavy atom. The van der Waals surface area contributed by atoms with Crippen LogP contribution in [-0.4, -0.2) is 92.5 Å². The van der Waals surface area contributed by atoms with E-state index in [1.54, 1.807) is 49.8 Å². The van der Waals surface area contributed by atoms with Crippen LogP contribution in [0.5, 0.6) is 0 Å². The first-order valence-corrected chi connectivity index (χ1v) is 13.2. The second-order valence-corrected chi connectivity index (χ2v) is 9.44. The molecule has 0 aromatic heterocycles. The zero-order chi connectivity index (χ0) is 26.5. The van der Waals surface area contributed by atoms with Crippen LogP contribution in [0.4, 0.5) is 0 Å². The first kappa shape index (κ1) is 34.5. The molecular weight excluding hydrogens is 448 g/mol. The third-order valence-corrected chi connectivity index (χ3v) is 7.05. The van der Waals surface area contributed by atoms with Gasteiger partial charge in [-0.1, -0.05) is 32.3 Å². The highest BCUT2D eigenvalue weighted by Crippen LogP contribution is 2.24. The highest BCUT2D eigenvalue weighted by molar-refractivity contribution is 4.80. The van der Waals surface area contributed by atoms with E-state index in [1.807, 2.05) is 6.08 Å². The van der Waals surface area contributed by atoms with Gasteiger partial charge in [-0.2, -0.15) is 0 Å². The molecule has 0 spiro atoms. The second-order valence-electron chi connectivity index (χ2n) is 9.44. The fraction of sp³-hybridized carbons (Fsp3) is 0.929. The van der Waals surface area contributed by atoms with Crippen LogP contribution < -0.4 is 0 Å². The van der Waals surface area contributed by atoms with Gasteiger partial charge in [0.2, 0.25) is 0 Å². The molecule has 7 heteroatoms. The minimum Gasteiger partial charge on any atom is -0.381 e. The van der Waals surface area contributed by atoms with Crippen molar-refractivity contribution >= 4 is 0 Å². The molecule has 7 unspecified atom stereocenters. The lowest BCUT2D eigenvalue weighted by atomic mass is 9.95. The third-order valence-electron chi connectivity index (χ3n) is 7.05. The quantitative estimate of drug-likeness (QED) is 0.119. The van der Waals surface area contributed by atoms with E-state index in [0.717, 1.165) is 51.4 Å². The van der Waals surface area contributed by atoms with Crippen LogP contribution in [0.25, 0.3) is 0 Å². The monoisotopic (exact) mass is 504 g/mol. The summed E-state index contributed by atoms with van der Waals surface area (Å²) in [5.41, 5.74) is 0. The van der Waals surface area contributed by atoms with E-state index in [2.05, 4.69) is 13.5 Å². The smallest absolute Gasteiger partial charge is 0.0630 e. The van der Waals surface area contributed by atoms with Gasteiger partial charge >= 0.3 is 0 Å². The van der Waals surface area contributed by atoms with E-state index in [9.17, 15) is 0 Å². The van der Waals surface area contributed by atoms with Crippen LogP contribution in [-0.2, 0) is 33.2 Å². The summed E-state index contributed by atoms with van der Waals surface area (Å²) < 4.78 is 40.4. The Hall–Kier alpha value is -0.540. The average Bonchev–Trinajstić information content (AvgIpc) is 2.88. The standard InChI is InChI=1S/C28H56O7/c1-10-12-13-15-23(30-4)17-25(32-6)19-27(34-8)21-28(35-9)20-26(33-7)18-24(31-5)16-22(29-3)14-11-2/h11,22-28H,2,10,12-21H2,1,3-9H3. The Bertz CT molecular complexity index is 476. The predicted octanol–water partition coefficient (Wildman–Crippen LogP) is 5.59. The molecule has 0 fully saturated rings. The van der Waals surface area contributed by atoms with Crippen molar-refractivity contribution in [2.45, 2.75) is 120 Å². The molecule has 7 nitrogen and oxygen atoms in total. The molecular formula is C28H56O7. The summed E-state index contributed by atoms with van der Waals surface area (Å²) in [5, 5.41) is 0. The number of rotatable bonds is 25. The summed E-state index contributed by atoms with van der Waals surface area (Å²) in [6.45, 7) is 6.04. The average molecular weight is 505 g/mol. The van der Waals surface area contributed by atoms with Crippen molar-refractivity contribution in [3.63, 3.8) is 0 Å². The molecule has 0 amide bonds. The van der Waals surface area contributed by atoms with Gasteiger partial charge in [0.05, 0.1) is 42.7 Å². The number of hydrogen-bond donors (Lipinski definition) is 0. The Labute approximate surface area is 216 Å². The van der Waals surface area contributed by atoms with Crippen molar-refractivity contribution in [3.8, 4) is 0 Å². The molecule has 0 aliphatic heterocycles. The van der Waals surface area contributed by atoms with Gasteiger partial charge in [-0.05, 0) is 44.9 Å². The van der Waals surface area contributed by atoms with Gasteiger partial charge in [0.1, 0.15) is 0 Å². The summed E-state index contributed by atoms with van der Waals surface area (Å²) in [7, 11) is 12.3. The molecule has 0 saturated carbocycles. The molecule has 0 bridgehead atoms. The van der Waals surface area contributed by atoms with Crippen LogP contribution in [0.3, 0.4) is 0 Å². The van der Waals surface area contributed by atoms with Gasteiger partial charge in [-0.25, -0.2) is 0 Å². The van der Waals surface area contributed by atoms with Gasteiger partial charge < -0.3 is 33.2 Å². The van der Waals surface area contributed by atoms with Crippen molar-refractivity contribution in [2.75, 3.05) is 49.8 Å². The lowest BCUT2D eigenvalue weighted by molar-refractivity contribution is -0.0533. The van der Waals surface area contributed by atoms with E-state index < -0.39 is 0 Å². The molecule has 0 rings (SSSR count). The molecule has 0 saturated heterocycles. The fourth-order valence-electron chi connectivity index (χ4n) is 4.63. The number of hydrogen-bond acceptors (Lipinski definition) is 7. The van der Waals surface area contributed by atoms with Crippen molar-refractivity contribution in [2.24, 2.45) is 0 Å². The van der Waals surface area contributed by atoms with Gasteiger partial charge in [-0.15, -0.1) is 6.58 Å². The number of unbranched alkanes of at least 4 members (excludes halogenated alkanes) is 2. The maximum absolute atomic E-state index is 5.85. The lowest BCUT2D eigenvalue weighted by Gasteiger charge is -2.30. The number of methoxy groups -OCH3 is 7. The summed E-state index contributed by atoms with van der Waals surface area (Å²) in [5.74, 6) is 0. The molecule has 0 heterocycles. The Morgan fingerprint density at radius 2 is 0.800 bits per heavy atom. The second kappa shape index (κ2) is 22.6. The summed E-state index contributed by atoms with van der Waals surface area (Å²) in [6, 6.07) is 0. The van der Waals surface area contributed by atoms with E-state index in [1.165, 1.54) is 19.3 Å². The van der Waals surface area contributed by atoms with E-state index in [-0.39, 0.29) is 42.7 Å². The zero-order valence-corrected chi connectivity index (χ0v) is 24.0. The van der Waals surface area contributed by atoms with Crippen LogP contribution in [0, 0.1) is 0 Å². The Balaban J connectivity index is 4.92. The highest BCUT2D eigenvalue weighted by atomic mass is 16.5. The van der Waals surface area contributed by atoms with Crippen LogP contribution in [0.1, 0.15) is 77.6 Å². The predicted molar refractivity (Wildman–Crippen MR) is 142 cm³/mol. The molecule has 0 aromatic rings. The largest absolute Gasteiger partial charge is 0.381 e. The fourth-order valence-corrected chi connectivity index (χ4v) is 4.63. The topological polar surface area (TPSA) is 64.6 Å². The minimum absolute atomic E-state index is 0.00841. The SMILES string of the molecule is C=CCC(CC(CC(CC(CC(CC(CC(CCCCC)OC)OC)OC)OC)OC)OC)OC. The molecule has 0 aliphatic rings. The van der Waals surface area contributed by atoms with Crippen molar-refractivity contribution < 1.29 is 33.2 Å². The van der Waals surface area contributed by atoms with Gasteiger partial charge in [-0.3, -0.25) is 0 Å². The van der Waals surface area contributed by atoms with Gasteiger partial charge in [0.25, 0.3) is 0 Å². The third kappa shape index (κ3) is 16.0. The molecule has 35 heavy (non-hydrogen) atoms. The first-order valence-electron chi connectivity index (χ1n) is 13.2. The van der Waals surface area contributed by atoms with E-state index >= 15 is 0 Å². The molecule has 210 valence electrons. The van der Waals surface area contributed by atoms with Gasteiger partial charge in [0, 0.05) is 56.2 Å². The summed E-state index contributed by atoms with van der Waals surface area (Å²) in [6.07, 6.45) is 12.6. The lowest BCUT2D eigenvalue weighted by Crippen LogP contribution is -2.33. The minimum atomic E-state index is 0.00841. The molecule has 0 aliphatic carbocycles. The summed E-state index contributed by atoms with van der Waals surface area (Å²) >= 11 is 0. The maximum atomic E-state index is 5.85. The Kier molecular flexibility index (Phi) is 22.3. The molecule has 7 atom stereocenters. The summed E-state index contributed by atoms with van der Waals surface area (Å²) in [4.78, 5) is 0. The van der Waals surface area contributed by atoms with Crippen molar-refractivity contribution in [3.05, 3.63) is 12.7 Å². The van der Waals surface area contributed by atoms with Crippen LogP contribution >= 0.6 is 0 Å².